The number of aromatic nitrogens is 5. The number of halogens is 9. The van der Waals surface area contributed by atoms with E-state index in [1.807, 2.05) is 41.5 Å². The quantitative estimate of drug-likeness (QED) is 0.0171. The fraction of sp³-hybridized carbons (Fsp3) is 0.460. The molecular formula is C63H80BCl5F4N5O20PS2. The summed E-state index contributed by atoms with van der Waals surface area (Å²) >= 11 is 25.6. The van der Waals surface area contributed by atoms with Gasteiger partial charge in [-0.25, -0.2) is 43.9 Å². The van der Waals surface area contributed by atoms with Crippen LogP contribution in [0.15, 0.2) is 84.1 Å². The highest BCUT2D eigenvalue weighted by molar-refractivity contribution is 8.24. The molecule has 9 heterocycles. The number of aromatic amines is 1. The van der Waals surface area contributed by atoms with Crippen molar-refractivity contribution in [3.8, 4) is 17.6 Å². The highest BCUT2D eigenvalue weighted by Crippen LogP contribution is 2.61. The Morgan fingerprint density at radius 2 is 0.990 bits per heavy atom. The van der Waals surface area contributed by atoms with E-state index < -0.39 is 49.6 Å². The van der Waals surface area contributed by atoms with Crippen LogP contribution in [0, 0.1) is 0 Å². The summed E-state index contributed by atoms with van der Waals surface area (Å²) < 4.78 is 129. The van der Waals surface area contributed by atoms with Crippen molar-refractivity contribution in [1.82, 2.24) is 24.9 Å². The number of hydrogen-bond acceptors (Lipinski definition) is 24. The second-order valence-corrected chi connectivity index (χ2v) is 31.4. The maximum absolute atomic E-state index is 11.5. The van der Waals surface area contributed by atoms with Gasteiger partial charge in [-0.05, 0) is 162 Å². The molecule has 38 heteroatoms. The molecule has 0 saturated carbocycles. The average molecular weight is 1590 g/mol. The van der Waals surface area contributed by atoms with Gasteiger partial charge in [0.05, 0.1) is 86.0 Å². The molecule has 0 radical (unpaired) electrons. The number of rotatable bonds is 12. The second kappa shape index (κ2) is 39.9. The van der Waals surface area contributed by atoms with Crippen molar-refractivity contribution in [2.75, 3.05) is 41.8 Å². The summed E-state index contributed by atoms with van der Waals surface area (Å²) in [6.07, 6.45) is 5.03. The third kappa shape index (κ3) is 26.9. The van der Waals surface area contributed by atoms with Crippen LogP contribution >= 0.6 is 74.3 Å². The van der Waals surface area contributed by atoms with E-state index in [2.05, 4.69) is 116 Å². The molecule has 3 unspecified atom stereocenters. The van der Waals surface area contributed by atoms with Crippen LogP contribution in [-0.4, -0.2) is 133 Å². The Morgan fingerprint density at radius 3 is 1.39 bits per heavy atom. The number of methoxy groups -OCH3 is 5. The Morgan fingerprint density at radius 1 is 0.624 bits per heavy atom. The number of nitrogens with one attached hydrogen (secondary N) is 1. The van der Waals surface area contributed by atoms with E-state index in [0.29, 0.717) is 93.5 Å². The topological polar surface area (TPSA) is 334 Å². The lowest BCUT2D eigenvalue weighted by Crippen LogP contribution is -2.41. The molecule has 5 aromatic rings. The molecule has 1 fully saturated rings. The highest BCUT2D eigenvalue weighted by atomic mass is 36.0. The molecule has 1 saturated heterocycles. The Balaban J connectivity index is 0.000000582. The smallest absolute Gasteiger partial charge is 0.481 e. The van der Waals surface area contributed by atoms with Crippen molar-refractivity contribution in [1.29, 1.82) is 0 Å². The average Bonchev–Trinajstić information content (AvgIpc) is 1.65. The van der Waals surface area contributed by atoms with Gasteiger partial charge in [-0.3, -0.25) is 13.9 Å². The van der Waals surface area contributed by atoms with Crippen LogP contribution in [0.2, 0.25) is 10.3 Å². The first-order valence-electron chi connectivity index (χ1n) is 29.7. The summed E-state index contributed by atoms with van der Waals surface area (Å²) in [6, 6.07) is 15.8. The maximum atomic E-state index is 11.5. The van der Waals surface area contributed by atoms with Gasteiger partial charge in [0.2, 0.25) is 23.2 Å². The number of fused-ring (bicyclic) bond motifs is 3. The van der Waals surface area contributed by atoms with Gasteiger partial charge in [-0.15, -0.1) is 6.58 Å². The van der Waals surface area contributed by atoms with E-state index in [9.17, 15) is 50.4 Å². The fourth-order valence-corrected chi connectivity index (χ4v) is 8.45. The third-order valence-corrected chi connectivity index (χ3v) is 16.1. The van der Waals surface area contributed by atoms with Crippen LogP contribution in [-0.2, 0) is 64.5 Å². The molecule has 9 rings (SSSR count). The van der Waals surface area contributed by atoms with Crippen LogP contribution in [0.4, 0.5) is 17.1 Å². The number of ether oxygens (including phenoxy) is 8. The Labute approximate surface area is 612 Å². The lowest BCUT2D eigenvalue weighted by Gasteiger charge is -2.32. The molecule has 101 heavy (non-hydrogen) atoms. The van der Waals surface area contributed by atoms with E-state index in [0.717, 1.165) is 17.5 Å². The van der Waals surface area contributed by atoms with Gasteiger partial charge in [-0.1, -0.05) is 64.4 Å². The minimum atomic E-state index is -5.84. The molecule has 0 amide bonds. The van der Waals surface area contributed by atoms with E-state index in [1.54, 1.807) is 50.4 Å². The summed E-state index contributed by atoms with van der Waals surface area (Å²) in [5.41, 5.74) is -1.70. The van der Waals surface area contributed by atoms with Crippen LogP contribution in [0.5, 0.6) is 17.6 Å². The Kier molecular flexibility index (Phi) is 36.5. The van der Waals surface area contributed by atoms with Crippen LogP contribution in [0.25, 0.3) is 5.57 Å². The summed E-state index contributed by atoms with van der Waals surface area (Å²) in [5, 5.41) is -2.76. The van der Waals surface area contributed by atoms with Crippen molar-refractivity contribution in [2.45, 2.75) is 149 Å². The van der Waals surface area contributed by atoms with Crippen molar-refractivity contribution < 1.29 is 106 Å². The predicted molar refractivity (Wildman–Crippen MR) is 378 cm³/mol. The number of allylic oxidation sites excluding steroid dienone is 2. The van der Waals surface area contributed by atoms with Gasteiger partial charge in [0.15, 0.2) is 11.2 Å². The molecule has 0 aromatic carbocycles. The lowest BCUT2D eigenvalue weighted by atomic mass is 9.78. The lowest BCUT2D eigenvalue weighted by molar-refractivity contribution is -0.0510. The zero-order valence-corrected chi connectivity index (χ0v) is 64.8. The van der Waals surface area contributed by atoms with Gasteiger partial charge < -0.3 is 52.2 Å². The number of nitrogens with zero attached hydrogens (tertiary/aromatic N) is 4. The van der Waals surface area contributed by atoms with E-state index in [-0.39, 0.29) is 64.7 Å². The number of carbonyl (C=O) groups is 5. The van der Waals surface area contributed by atoms with Crippen molar-refractivity contribution in [3.05, 3.63) is 151 Å². The molecule has 0 spiro atoms. The van der Waals surface area contributed by atoms with Crippen LogP contribution in [0.1, 0.15) is 190 Å². The highest BCUT2D eigenvalue weighted by Gasteiger charge is 2.52. The first-order chi connectivity index (χ1) is 46.5. The molecule has 0 aliphatic carbocycles. The van der Waals surface area contributed by atoms with E-state index >= 15 is 0 Å². The number of hydrogen-bond donors (Lipinski definition) is 2. The van der Waals surface area contributed by atoms with Crippen LogP contribution in [0.3, 0.4) is 0 Å². The first kappa shape index (κ1) is 92.4. The number of pyridine rings is 5. The monoisotopic (exact) mass is 1580 g/mol. The fourth-order valence-electron chi connectivity index (χ4n) is 8.08. The standard InChI is InChI=1S/C12H15NO3.C11H13NO3.C10H19BO2.C10H10ClNO2.C10H11NO3.C8H8ClNO3.CHF3O3S.CH3FS.Cl3OP/c1-5-8(2)11-9(12(14)16-4)6-7-10(13-11)15-3;1-4-11(2)9-7(10(13)15-11)5-6-8(12-9)14-3;1-7-8(2)11-12-9(3,4)10(5,6)13-11;1-3-10(2)8-6(9(13)14-10)4-5-7(11)12-8;1-3-10(2)8-6(9(13)14-10)4-5-7(12)11-8;1-12-6-4-3-5(7(9)10-6)8(11)13-2;2-1(3,4)8(5,6)7;1-3-2;1-5(2,3)4/h6-7H,2,5H2,1,3-4H3;5-6H,4H2,1-3H3;2,7H2,1,3-6H3;4-5H,3H2,1-2H3;4-5H,3H2,1-2H3,(H,11,12);3-4H,1-2H3;(H,5,6,7);1H3;. The number of alkyl halides is 3. The number of cyclic esters (lactones) is 3. The summed E-state index contributed by atoms with van der Waals surface area (Å²) in [5.74, 6) is -0.583. The maximum Gasteiger partial charge on any atom is 0.522 e. The molecule has 25 nitrogen and oxygen atoms in total. The molecule has 4 aliphatic heterocycles. The van der Waals surface area contributed by atoms with E-state index in [4.69, 9.17) is 73.9 Å². The minimum absolute atomic E-state index is 0.0752. The molecule has 4 aliphatic rings. The minimum Gasteiger partial charge on any atom is -0.481 e. The van der Waals surface area contributed by atoms with Gasteiger partial charge in [0.25, 0.3) is 0 Å². The molecule has 560 valence electrons. The zero-order valence-electron chi connectivity index (χ0n) is 58.5. The van der Waals surface area contributed by atoms with Gasteiger partial charge in [0.1, 0.15) is 27.3 Å². The zero-order chi connectivity index (χ0) is 78.2. The van der Waals surface area contributed by atoms with E-state index in [1.165, 1.54) is 59.0 Å². The molecule has 0 bridgehead atoms. The largest absolute Gasteiger partial charge is 0.522 e. The number of H-pyrrole nitrogens is 1. The van der Waals surface area contributed by atoms with Crippen LogP contribution < -0.4 is 19.8 Å². The van der Waals surface area contributed by atoms with Gasteiger partial charge >= 0.3 is 57.8 Å². The SMILES string of the molecule is C=C(CC)B1OC(C)(C)C(C)(C)O1.C=C(CC)c1nc(OC)ccc1C(=O)OC.CCC1(C)OC(=O)c2ccc(=O)[nH]c21.CCC1(C)OC(=O)c2ccc(Cl)nc21.CCC1(C)OC(=O)c2ccc(OC)nc21.COC(=O)c1ccc(OC)nc1Cl.CSF.O=P(Cl)(Cl)Cl.O=S(=O)(O)C(F)(F)F. The summed E-state index contributed by atoms with van der Waals surface area (Å²) in [7, 11) is 1.10. The van der Waals surface area contributed by atoms with Gasteiger partial charge in [0, 0.05) is 42.7 Å². The Bertz CT molecular complexity index is 3950. The number of carbonyl (C=O) groups excluding carboxylic acids is 5. The molecule has 3 atom stereocenters. The Hall–Kier alpha value is -6.58. The second-order valence-electron chi connectivity index (χ2n) is 22.3. The summed E-state index contributed by atoms with van der Waals surface area (Å²) in [4.78, 5) is 87.2. The summed E-state index contributed by atoms with van der Waals surface area (Å²) in [6.45, 7) is 31.4. The van der Waals surface area contributed by atoms with Gasteiger partial charge in [-0.2, -0.15) is 25.5 Å². The third-order valence-electron chi connectivity index (χ3n) is 15.0. The predicted octanol–water partition coefficient (Wildman–Crippen LogP) is 16.4. The van der Waals surface area contributed by atoms with Crippen molar-refractivity contribution in [3.63, 3.8) is 0 Å². The first-order valence-corrected chi connectivity index (χ1v) is 37.4. The van der Waals surface area contributed by atoms with Crippen molar-refractivity contribution >= 4 is 127 Å². The molecule has 5 aromatic heterocycles. The molecule has 2 N–H and O–H groups in total. The number of esters is 5. The molecular weight excluding hydrogens is 1510 g/mol. The van der Waals surface area contributed by atoms with Crippen molar-refractivity contribution in [2.24, 2.45) is 0 Å². The normalized spacial score (nSPS) is 18.1.